The molecule has 0 radical (unpaired) electrons. The summed E-state index contributed by atoms with van der Waals surface area (Å²) >= 11 is 0. The predicted molar refractivity (Wildman–Crippen MR) is 122 cm³/mol. The second-order valence-corrected chi connectivity index (χ2v) is 8.94. The molecule has 1 aromatic carbocycles. The van der Waals surface area contributed by atoms with Crippen molar-refractivity contribution >= 4 is 17.1 Å². The number of nitrogens with zero attached hydrogens (tertiary/aromatic N) is 4. The summed E-state index contributed by atoms with van der Waals surface area (Å²) in [7, 11) is 0. The number of aromatic nitrogens is 3. The molecule has 0 atom stereocenters. The zero-order chi connectivity index (χ0) is 21.0. The minimum atomic E-state index is -0.0658. The number of rotatable bonds is 6. The van der Waals surface area contributed by atoms with Crippen molar-refractivity contribution in [1.82, 2.24) is 24.8 Å². The molecule has 0 unspecified atom stereocenters. The number of carbonyl (C=O) groups is 1. The SMILES string of the molecule is O=C(NCCN1CCC(c2ccccc2)CC1)c1cnc2c(c1)ncn2C1CCCC1. The summed E-state index contributed by atoms with van der Waals surface area (Å²) in [5, 5.41) is 3.06. The van der Waals surface area contributed by atoms with Gasteiger partial charge in [0.2, 0.25) is 0 Å². The summed E-state index contributed by atoms with van der Waals surface area (Å²) in [6, 6.07) is 13.2. The molecule has 1 aliphatic heterocycles. The first-order valence-electron chi connectivity index (χ1n) is 11.7. The van der Waals surface area contributed by atoms with Gasteiger partial charge in [0.05, 0.1) is 11.9 Å². The average Bonchev–Trinajstić information content (AvgIpc) is 3.49. The van der Waals surface area contributed by atoms with Gasteiger partial charge in [0.25, 0.3) is 5.91 Å². The van der Waals surface area contributed by atoms with Crippen molar-refractivity contribution in [3.05, 3.63) is 60.0 Å². The van der Waals surface area contributed by atoms with Crippen LogP contribution in [0.3, 0.4) is 0 Å². The molecule has 6 heteroatoms. The fourth-order valence-corrected chi connectivity index (χ4v) is 5.14. The third kappa shape index (κ3) is 4.49. The number of imidazole rings is 1. The highest BCUT2D eigenvalue weighted by molar-refractivity contribution is 5.96. The highest BCUT2D eigenvalue weighted by atomic mass is 16.1. The zero-order valence-electron chi connectivity index (χ0n) is 18.0. The lowest BCUT2D eigenvalue weighted by Gasteiger charge is -2.32. The summed E-state index contributed by atoms with van der Waals surface area (Å²) < 4.78 is 2.18. The number of hydrogen-bond donors (Lipinski definition) is 1. The number of likely N-dealkylation sites (tertiary alicyclic amines) is 1. The topological polar surface area (TPSA) is 63.1 Å². The van der Waals surface area contributed by atoms with Gasteiger partial charge >= 0.3 is 0 Å². The molecule has 2 fully saturated rings. The molecule has 31 heavy (non-hydrogen) atoms. The fraction of sp³-hybridized carbons (Fsp3) is 0.480. The molecule has 1 aliphatic carbocycles. The number of amides is 1. The van der Waals surface area contributed by atoms with Crippen LogP contribution in [-0.2, 0) is 0 Å². The van der Waals surface area contributed by atoms with E-state index >= 15 is 0 Å². The van der Waals surface area contributed by atoms with Crippen LogP contribution < -0.4 is 5.32 Å². The van der Waals surface area contributed by atoms with Crippen LogP contribution in [0.1, 0.15) is 66.4 Å². The van der Waals surface area contributed by atoms with E-state index in [1.807, 2.05) is 12.4 Å². The normalized spacial score (nSPS) is 18.6. The lowest BCUT2D eigenvalue weighted by Crippen LogP contribution is -2.39. The first-order chi connectivity index (χ1) is 15.3. The summed E-state index contributed by atoms with van der Waals surface area (Å²) in [5.74, 6) is 0.595. The van der Waals surface area contributed by atoms with Gasteiger partial charge in [0, 0.05) is 25.3 Å². The zero-order valence-corrected chi connectivity index (χ0v) is 18.0. The van der Waals surface area contributed by atoms with Crippen molar-refractivity contribution in [3.8, 4) is 0 Å². The number of hydrogen-bond acceptors (Lipinski definition) is 4. The van der Waals surface area contributed by atoms with Gasteiger partial charge in [0.15, 0.2) is 5.65 Å². The van der Waals surface area contributed by atoms with E-state index in [0.717, 1.165) is 30.8 Å². The van der Waals surface area contributed by atoms with Crippen LogP contribution in [0.15, 0.2) is 48.9 Å². The largest absolute Gasteiger partial charge is 0.351 e. The van der Waals surface area contributed by atoms with Crippen molar-refractivity contribution < 1.29 is 4.79 Å². The van der Waals surface area contributed by atoms with Crippen LogP contribution in [0.4, 0.5) is 0 Å². The number of pyridine rings is 1. The Labute approximate surface area is 183 Å². The number of nitrogens with one attached hydrogen (secondary N) is 1. The van der Waals surface area contributed by atoms with Crippen LogP contribution >= 0.6 is 0 Å². The highest BCUT2D eigenvalue weighted by Gasteiger charge is 2.21. The molecule has 1 amide bonds. The summed E-state index contributed by atoms with van der Waals surface area (Å²) in [6.45, 7) is 3.71. The minimum Gasteiger partial charge on any atom is -0.351 e. The lowest BCUT2D eigenvalue weighted by molar-refractivity contribution is 0.0945. The Morgan fingerprint density at radius 2 is 1.81 bits per heavy atom. The number of carbonyl (C=O) groups excluding carboxylic acids is 1. The molecule has 2 aliphatic rings. The van der Waals surface area contributed by atoms with Gasteiger partial charge in [-0.15, -0.1) is 0 Å². The minimum absolute atomic E-state index is 0.0658. The van der Waals surface area contributed by atoms with Gasteiger partial charge in [-0.3, -0.25) is 4.79 Å². The van der Waals surface area contributed by atoms with E-state index in [1.54, 1.807) is 6.20 Å². The average molecular weight is 418 g/mol. The molecule has 2 aromatic heterocycles. The van der Waals surface area contributed by atoms with E-state index in [2.05, 4.69) is 55.1 Å². The fourth-order valence-electron chi connectivity index (χ4n) is 5.14. The Kier molecular flexibility index (Phi) is 5.98. The van der Waals surface area contributed by atoms with E-state index in [4.69, 9.17) is 0 Å². The van der Waals surface area contributed by atoms with Crippen LogP contribution in [-0.4, -0.2) is 51.5 Å². The Hall–Kier alpha value is -2.73. The summed E-state index contributed by atoms with van der Waals surface area (Å²) in [6.07, 6.45) is 10.9. The first kappa shape index (κ1) is 20.2. The van der Waals surface area contributed by atoms with Crippen LogP contribution in [0.5, 0.6) is 0 Å². The van der Waals surface area contributed by atoms with Crippen LogP contribution in [0.25, 0.3) is 11.2 Å². The van der Waals surface area contributed by atoms with Gasteiger partial charge < -0.3 is 14.8 Å². The quantitative estimate of drug-likeness (QED) is 0.654. The van der Waals surface area contributed by atoms with Crippen molar-refractivity contribution in [1.29, 1.82) is 0 Å². The molecule has 0 spiro atoms. The van der Waals surface area contributed by atoms with Gasteiger partial charge in [-0.2, -0.15) is 0 Å². The molecule has 0 bridgehead atoms. The summed E-state index contributed by atoms with van der Waals surface area (Å²) in [4.78, 5) is 24.2. The second-order valence-electron chi connectivity index (χ2n) is 8.94. The number of benzene rings is 1. The number of fused-ring (bicyclic) bond motifs is 1. The van der Waals surface area contributed by atoms with Crippen molar-refractivity contribution in [2.45, 2.75) is 50.5 Å². The molecule has 6 nitrogen and oxygen atoms in total. The van der Waals surface area contributed by atoms with Gasteiger partial charge in [-0.05, 0) is 56.3 Å². The Bertz CT molecular complexity index is 1020. The molecule has 3 aromatic rings. The van der Waals surface area contributed by atoms with Crippen molar-refractivity contribution in [2.24, 2.45) is 0 Å². The maximum Gasteiger partial charge on any atom is 0.252 e. The van der Waals surface area contributed by atoms with Crippen molar-refractivity contribution in [2.75, 3.05) is 26.2 Å². The molecular formula is C25H31N5O. The van der Waals surface area contributed by atoms with Crippen LogP contribution in [0, 0.1) is 0 Å². The second kappa shape index (κ2) is 9.18. The van der Waals surface area contributed by atoms with E-state index in [1.165, 1.54) is 44.1 Å². The Balaban J connectivity index is 1.11. The summed E-state index contributed by atoms with van der Waals surface area (Å²) in [5.41, 5.74) is 3.74. The third-order valence-corrected chi connectivity index (χ3v) is 6.97. The Morgan fingerprint density at radius 3 is 2.58 bits per heavy atom. The molecule has 162 valence electrons. The molecule has 1 N–H and O–H groups in total. The number of piperidine rings is 1. The highest BCUT2D eigenvalue weighted by Crippen LogP contribution is 2.31. The van der Waals surface area contributed by atoms with Crippen LogP contribution in [0.2, 0.25) is 0 Å². The smallest absolute Gasteiger partial charge is 0.252 e. The standard InChI is InChI=1S/C25H31N5O/c31-25(21-16-23-24(27-17-21)30(18-28-23)22-8-4-5-9-22)26-12-15-29-13-10-20(11-14-29)19-6-2-1-3-7-19/h1-3,6-7,16-18,20,22H,4-5,8-15H2,(H,26,31). The first-order valence-corrected chi connectivity index (χ1v) is 11.7. The van der Waals surface area contributed by atoms with E-state index < -0.39 is 0 Å². The maximum atomic E-state index is 12.6. The van der Waals surface area contributed by atoms with Crippen molar-refractivity contribution in [3.63, 3.8) is 0 Å². The third-order valence-electron chi connectivity index (χ3n) is 6.97. The molecule has 1 saturated carbocycles. The molecule has 1 saturated heterocycles. The van der Waals surface area contributed by atoms with Gasteiger partial charge in [0.1, 0.15) is 5.52 Å². The van der Waals surface area contributed by atoms with E-state index in [-0.39, 0.29) is 5.91 Å². The van der Waals surface area contributed by atoms with E-state index in [0.29, 0.717) is 24.1 Å². The maximum absolute atomic E-state index is 12.6. The Morgan fingerprint density at radius 1 is 1.03 bits per heavy atom. The van der Waals surface area contributed by atoms with E-state index in [9.17, 15) is 4.79 Å². The molecule has 3 heterocycles. The van der Waals surface area contributed by atoms with Gasteiger partial charge in [-0.25, -0.2) is 9.97 Å². The van der Waals surface area contributed by atoms with Gasteiger partial charge in [-0.1, -0.05) is 43.2 Å². The molecular weight excluding hydrogens is 386 g/mol. The monoisotopic (exact) mass is 417 g/mol. The predicted octanol–water partition coefficient (Wildman–Crippen LogP) is 4.16. The molecule has 5 rings (SSSR count). The lowest BCUT2D eigenvalue weighted by atomic mass is 9.89.